The zero-order chi connectivity index (χ0) is 21.1. The molecule has 1 amide bonds. The van der Waals surface area contributed by atoms with E-state index in [-0.39, 0.29) is 18.1 Å². The Labute approximate surface area is 164 Å². The molecule has 0 radical (unpaired) electrons. The van der Waals surface area contributed by atoms with Crippen molar-refractivity contribution in [1.29, 1.82) is 0 Å². The Hall–Kier alpha value is -2.43. The number of benzene rings is 1. The van der Waals surface area contributed by atoms with Gasteiger partial charge in [0, 0.05) is 17.5 Å². The van der Waals surface area contributed by atoms with Crippen molar-refractivity contribution in [2.75, 3.05) is 6.26 Å². The third-order valence-electron chi connectivity index (χ3n) is 4.21. The first-order chi connectivity index (χ1) is 13.0. The van der Waals surface area contributed by atoms with Crippen molar-refractivity contribution in [2.24, 2.45) is 10.9 Å². The summed E-state index contributed by atoms with van der Waals surface area (Å²) in [5, 5.41) is 6.99. The Balaban J connectivity index is 0.000000500. The van der Waals surface area contributed by atoms with Crippen LogP contribution in [0.25, 0.3) is 10.9 Å². The Morgan fingerprint density at radius 1 is 1.46 bits per heavy atom. The average Bonchev–Trinajstić information content (AvgIpc) is 2.96. The second-order valence-corrected chi connectivity index (χ2v) is 8.33. The van der Waals surface area contributed by atoms with E-state index in [9.17, 15) is 13.2 Å². The molecule has 4 N–H and O–H groups in total. The number of nitrogens with zero attached hydrogens (tertiary/aromatic N) is 2. The molecule has 2 aromatic rings. The van der Waals surface area contributed by atoms with Crippen LogP contribution in [-0.2, 0) is 21.4 Å². The van der Waals surface area contributed by atoms with Gasteiger partial charge in [-0.05, 0) is 38.8 Å². The lowest BCUT2D eigenvalue weighted by atomic mass is 9.98. The number of nitrogens with one attached hydrogen (secondary N) is 1. The fourth-order valence-electron chi connectivity index (χ4n) is 3.27. The van der Waals surface area contributed by atoms with Crippen molar-refractivity contribution < 1.29 is 22.5 Å². The molecule has 1 unspecified atom stereocenters. The van der Waals surface area contributed by atoms with Gasteiger partial charge in [-0.2, -0.15) is 13.5 Å². The minimum absolute atomic E-state index is 0.0713. The van der Waals surface area contributed by atoms with Gasteiger partial charge in [0.1, 0.15) is 12.0 Å². The van der Waals surface area contributed by atoms with E-state index in [1.54, 1.807) is 0 Å². The van der Waals surface area contributed by atoms with E-state index in [2.05, 4.69) is 34.0 Å². The number of nitrogens with two attached hydrogens (primary N) is 1. The van der Waals surface area contributed by atoms with Crippen LogP contribution in [-0.4, -0.2) is 42.1 Å². The lowest BCUT2D eigenvalue weighted by Crippen LogP contribution is -2.27. The Morgan fingerprint density at radius 3 is 2.68 bits per heavy atom. The van der Waals surface area contributed by atoms with Gasteiger partial charge in [-0.3, -0.25) is 9.35 Å². The van der Waals surface area contributed by atoms with E-state index in [4.69, 9.17) is 15.1 Å². The summed E-state index contributed by atoms with van der Waals surface area (Å²) >= 11 is 0. The van der Waals surface area contributed by atoms with Gasteiger partial charge in [-0.1, -0.05) is 12.1 Å². The Bertz CT molecular complexity index is 987. The fraction of sp³-hybridized carbons (Fsp3) is 0.444. The predicted molar refractivity (Wildman–Crippen MR) is 108 cm³/mol. The molecule has 2 heterocycles. The summed E-state index contributed by atoms with van der Waals surface area (Å²) in [6, 6.07) is 6.14. The topological polar surface area (TPSA) is 136 Å². The van der Waals surface area contributed by atoms with Crippen molar-refractivity contribution in [2.45, 2.75) is 45.9 Å². The predicted octanol–water partition coefficient (Wildman–Crippen LogP) is 1.96. The van der Waals surface area contributed by atoms with Crippen molar-refractivity contribution >= 4 is 33.3 Å². The van der Waals surface area contributed by atoms with E-state index in [0.29, 0.717) is 11.9 Å². The van der Waals surface area contributed by atoms with Crippen molar-refractivity contribution in [1.82, 2.24) is 9.88 Å². The second-order valence-electron chi connectivity index (χ2n) is 6.86. The number of carbonyl (C=O) groups excluding carboxylic acids is 1. The molecule has 10 heteroatoms. The molecule has 9 nitrogen and oxygen atoms in total. The van der Waals surface area contributed by atoms with E-state index in [1.165, 1.54) is 6.34 Å². The van der Waals surface area contributed by atoms with Gasteiger partial charge in [-0.15, -0.1) is 0 Å². The Kier molecular flexibility index (Phi) is 6.81. The van der Waals surface area contributed by atoms with E-state index in [1.807, 2.05) is 19.9 Å². The molecule has 0 aliphatic carbocycles. The van der Waals surface area contributed by atoms with Crippen LogP contribution in [0.2, 0.25) is 0 Å². The van der Waals surface area contributed by atoms with Crippen molar-refractivity contribution in [3.63, 3.8) is 0 Å². The maximum Gasteiger partial charge on any atom is 0.273 e. The molecule has 0 saturated carbocycles. The molecule has 1 atom stereocenters. The summed E-state index contributed by atoms with van der Waals surface area (Å²) in [4.78, 5) is 12.3. The fourth-order valence-corrected chi connectivity index (χ4v) is 3.27. The summed E-state index contributed by atoms with van der Waals surface area (Å²) in [6.45, 7) is 6.90. The molecule has 1 aliphatic heterocycles. The summed E-state index contributed by atoms with van der Waals surface area (Å²) < 4.78 is 34.0. The lowest BCUT2D eigenvalue weighted by Gasteiger charge is -2.28. The van der Waals surface area contributed by atoms with Crippen LogP contribution in [0.4, 0.5) is 0 Å². The van der Waals surface area contributed by atoms with Gasteiger partial charge in [0.2, 0.25) is 0 Å². The van der Waals surface area contributed by atoms with Crippen molar-refractivity contribution in [3.05, 3.63) is 35.0 Å². The minimum atomic E-state index is -3.67. The number of hydrogen-bond acceptors (Lipinski definition) is 6. The molecule has 1 aromatic heterocycles. The number of hydrogen-bond donors (Lipinski definition) is 3. The first-order valence-electron chi connectivity index (χ1n) is 8.76. The van der Waals surface area contributed by atoms with Gasteiger partial charge < -0.3 is 20.5 Å². The number of hydrazone groups is 1. The number of amides is 1. The monoisotopic (exact) mass is 410 g/mol. The number of carbonyl (C=O) groups is 1. The largest absolute Gasteiger partial charge is 0.371 e. The zero-order valence-corrected chi connectivity index (χ0v) is 17.2. The smallest absolute Gasteiger partial charge is 0.273 e. The summed E-state index contributed by atoms with van der Waals surface area (Å²) in [6.07, 6.45) is 3.01. The van der Waals surface area contributed by atoms with Gasteiger partial charge in [0.25, 0.3) is 16.0 Å². The summed E-state index contributed by atoms with van der Waals surface area (Å²) in [5.41, 5.74) is 4.02. The van der Waals surface area contributed by atoms with E-state index in [0.717, 1.165) is 35.0 Å². The third-order valence-corrected chi connectivity index (χ3v) is 4.21. The highest BCUT2D eigenvalue weighted by molar-refractivity contribution is 7.85. The standard InChI is InChI=1S/C17H22N4O2.CH4O3S/c1-10(2)23-15-6-7-21-14(17(22)19-9-20-18)8-13-11(3)4-5-12(15)16(13)21;1-5(2,3)4/h4-5,8-10,15H,6-7,18H2,1-3H3,(H,19,20,22);1H3,(H,2,3,4). The van der Waals surface area contributed by atoms with Gasteiger partial charge in [0.05, 0.1) is 24.0 Å². The van der Waals surface area contributed by atoms with Crippen LogP contribution >= 0.6 is 0 Å². The van der Waals surface area contributed by atoms with E-state index >= 15 is 0 Å². The molecule has 1 aromatic carbocycles. The molecule has 154 valence electrons. The number of aryl methyl sites for hydroxylation is 2. The third kappa shape index (κ3) is 5.31. The van der Waals surface area contributed by atoms with Crippen LogP contribution < -0.4 is 11.2 Å². The maximum atomic E-state index is 12.3. The van der Waals surface area contributed by atoms with Crippen LogP contribution in [0.15, 0.2) is 23.3 Å². The number of rotatable bonds is 4. The van der Waals surface area contributed by atoms with Crippen LogP contribution in [0.1, 0.15) is 48.0 Å². The highest BCUT2D eigenvalue weighted by atomic mass is 32.2. The zero-order valence-electron chi connectivity index (χ0n) is 16.3. The van der Waals surface area contributed by atoms with Crippen LogP contribution in [0.5, 0.6) is 0 Å². The number of ether oxygens (including phenoxy) is 1. The first-order valence-corrected chi connectivity index (χ1v) is 10.6. The van der Waals surface area contributed by atoms with Crippen LogP contribution in [0.3, 0.4) is 0 Å². The molecular weight excluding hydrogens is 384 g/mol. The quantitative estimate of drug-likeness (QED) is 0.232. The molecule has 28 heavy (non-hydrogen) atoms. The van der Waals surface area contributed by atoms with Gasteiger partial charge in [-0.25, -0.2) is 0 Å². The molecule has 0 bridgehead atoms. The molecular formula is C18H26N4O5S. The molecule has 3 rings (SSSR count). The molecule has 0 fully saturated rings. The van der Waals surface area contributed by atoms with E-state index < -0.39 is 10.1 Å². The number of aromatic nitrogens is 1. The minimum Gasteiger partial charge on any atom is -0.371 e. The average molecular weight is 410 g/mol. The van der Waals surface area contributed by atoms with Gasteiger partial charge >= 0.3 is 0 Å². The highest BCUT2D eigenvalue weighted by Gasteiger charge is 2.27. The maximum absolute atomic E-state index is 12.3. The molecule has 0 saturated heterocycles. The Morgan fingerprint density at radius 2 is 2.11 bits per heavy atom. The summed E-state index contributed by atoms with van der Waals surface area (Å²) in [5.74, 6) is 4.85. The normalized spacial score (nSPS) is 16.3. The van der Waals surface area contributed by atoms with Crippen LogP contribution in [0, 0.1) is 6.92 Å². The SMILES string of the molecule is CS(=O)(=O)O.Cc1ccc2c3c1cc(C(=O)NC=NN)n3CCC2OC(C)C. The van der Waals surface area contributed by atoms with Gasteiger partial charge in [0.15, 0.2) is 0 Å². The first kappa shape index (κ1) is 21.9. The molecule has 1 aliphatic rings. The summed E-state index contributed by atoms with van der Waals surface area (Å²) in [7, 11) is -3.67. The highest BCUT2D eigenvalue weighted by Crippen LogP contribution is 2.38. The second kappa shape index (κ2) is 8.72. The van der Waals surface area contributed by atoms with Crippen molar-refractivity contribution in [3.8, 4) is 0 Å². The lowest BCUT2D eigenvalue weighted by molar-refractivity contribution is -0.00240. The molecule has 0 spiro atoms.